The lowest BCUT2D eigenvalue weighted by molar-refractivity contribution is 0.302. The van der Waals surface area contributed by atoms with Crippen LogP contribution < -0.4 is 10.1 Å². The number of hydrogen-bond donors (Lipinski definition) is 1. The van der Waals surface area contributed by atoms with Crippen LogP contribution >= 0.6 is 0 Å². The lowest BCUT2D eigenvalue weighted by Gasteiger charge is -2.19. The third-order valence-electron chi connectivity index (χ3n) is 3.55. The van der Waals surface area contributed by atoms with Crippen molar-refractivity contribution in [2.24, 2.45) is 0 Å². The molecule has 2 nitrogen and oxygen atoms in total. The summed E-state index contributed by atoms with van der Waals surface area (Å²) in [6.07, 6.45) is 3.64. The maximum atomic E-state index is 5.73. The number of rotatable bonds is 9. The Balaban J connectivity index is 1.79. The predicted molar refractivity (Wildman–Crippen MR) is 88.6 cm³/mol. The summed E-state index contributed by atoms with van der Waals surface area (Å²) in [5.74, 6) is 0.934. The van der Waals surface area contributed by atoms with Crippen molar-refractivity contribution in [2.75, 3.05) is 13.2 Å². The fourth-order valence-electron chi connectivity index (χ4n) is 2.40. The maximum absolute atomic E-state index is 5.73. The van der Waals surface area contributed by atoms with Crippen molar-refractivity contribution in [3.05, 3.63) is 66.2 Å². The summed E-state index contributed by atoms with van der Waals surface area (Å²) >= 11 is 0. The summed E-state index contributed by atoms with van der Waals surface area (Å²) in [7, 11) is 0. The molecule has 0 bridgehead atoms. The Morgan fingerprint density at radius 1 is 0.952 bits per heavy atom. The summed E-state index contributed by atoms with van der Waals surface area (Å²) in [6.45, 7) is 3.79. The Morgan fingerprint density at radius 2 is 1.62 bits per heavy atom. The molecular weight excluding hydrogens is 258 g/mol. The van der Waals surface area contributed by atoms with E-state index in [2.05, 4.69) is 42.6 Å². The molecule has 0 aliphatic carbocycles. The van der Waals surface area contributed by atoms with Gasteiger partial charge in [0.15, 0.2) is 0 Å². The summed E-state index contributed by atoms with van der Waals surface area (Å²) in [5.41, 5.74) is 1.37. The fraction of sp³-hybridized carbons (Fsp3) is 0.368. The third kappa shape index (κ3) is 5.60. The zero-order valence-electron chi connectivity index (χ0n) is 12.8. The van der Waals surface area contributed by atoms with E-state index in [0.717, 1.165) is 12.3 Å². The summed E-state index contributed by atoms with van der Waals surface area (Å²) in [4.78, 5) is 0. The van der Waals surface area contributed by atoms with Gasteiger partial charge in [-0.2, -0.15) is 0 Å². The van der Waals surface area contributed by atoms with Gasteiger partial charge < -0.3 is 10.1 Å². The van der Waals surface area contributed by atoms with Crippen molar-refractivity contribution < 1.29 is 4.74 Å². The summed E-state index contributed by atoms with van der Waals surface area (Å²) < 4.78 is 5.73. The Hall–Kier alpha value is -1.80. The number of hydrogen-bond acceptors (Lipinski definition) is 2. The van der Waals surface area contributed by atoms with Crippen LogP contribution in [0.1, 0.15) is 37.8 Å². The molecule has 0 aromatic heterocycles. The second-order valence-electron chi connectivity index (χ2n) is 5.22. The van der Waals surface area contributed by atoms with Gasteiger partial charge in [0.2, 0.25) is 0 Å². The van der Waals surface area contributed by atoms with Gasteiger partial charge >= 0.3 is 0 Å². The minimum Gasteiger partial charge on any atom is -0.492 e. The summed E-state index contributed by atoms with van der Waals surface area (Å²) in [6, 6.07) is 21.1. The molecule has 0 aliphatic rings. The van der Waals surface area contributed by atoms with Crippen LogP contribution in [0.3, 0.4) is 0 Å². The van der Waals surface area contributed by atoms with E-state index in [1.165, 1.54) is 24.8 Å². The molecule has 1 N–H and O–H groups in total. The molecule has 1 unspecified atom stereocenters. The van der Waals surface area contributed by atoms with Gasteiger partial charge in [-0.3, -0.25) is 0 Å². The van der Waals surface area contributed by atoms with Gasteiger partial charge in [-0.1, -0.05) is 68.3 Å². The third-order valence-corrected chi connectivity index (χ3v) is 3.55. The monoisotopic (exact) mass is 283 g/mol. The zero-order chi connectivity index (χ0) is 14.8. The van der Waals surface area contributed by atoms with E-state index in [-0.39, 0.29) is 0 Å². The van der Waals surface area contributed by atoms with Gasteiger partial charge in [0, 0.05) is 12.6 Å². The van der Waals surface area contributed by atoms with Crippen LogP contribution in [0.2, 0.25) is 0 Å². The minimum atomic E-state index is 0.422. The molecule has 1 atom stereocenters. The standard InChI is InChI=1S/C19H25NO/c1-2-3-14-19(17-10-6-4-7-11-17)20-15-16-21-18-12-8-5-9-13-18/h4-13,19-20H,2-3,14-16H2,1H3. The van der Waals surface area contributed by atoms with Crippen molar-refractivity contribution in [3.63, 3.8) is 0 Å². The quantitative estimate of drug-likeness (QED) is 0.680. The van der Waals surface area contributed by atoms with Crippen LogP contribution in [0.25, 0.3) is 0 Å². The first-order valence-corrected chi connectivity index (χ1v) is 7.86. The second kappa shape index (κ2) is 9.19. The molecule has 2 aromatic rings. The van der Waals surface area contributed by atoms with E-state index >= 15 is 0 Å². The Morgan fingerprint density at radius 3 is 2.29 bits per heavy atom. The smallest absolute Gasteiger partial charge is 0.119 e. The van der Waals surface area contributed by atoms with Crippen LogP contribution in [0.5, 0.6) is 5.75 Å². The number of para-hydroxylation sites is 1. The molecule has 112 valence electrons. The molecular formula is C19H25NO. The van der Waals surface area contributed by atoms with Gasteiger partial charge in [0.05, 0.1) is 0 Å². The molecule has 0 saturated carbocycles. The van der Waals surface area contributed by atoms with E-state index in [9.17, 15) is 0 Å². The topological polar surface area (TPSA) is 21.3 Å². The molecule has 0 heterocycles. The normalized spacial score (nSPS) is 12.0. The molecule has 21 heavy (non-hydrogen) atoms. The van der Waals surface area contributed by atoms with Crippen molar-refractivity contribution >= 4 is 0 Å². The minimum absolute atomic E-state index is 0.422. The lowest BCUT2D eigenvalue weighted by Crippen LogP contribution is -2.26. The first-order chi connectivity index (χ1) is 10.4. The molecule has 0 saturated heterocycles. The van der Waals surface area contributed by atoms with Crippen LogP contribution in [0.4, 0.5) is 0 Å². The van der Waals surface area contributed by atoms with E-state index in [1.54, 1.807) is 0 Å². The number of nitrogens with one attached hydrogen (secondary N) is 1. The largest absolute Gasteiger partial charge is 0.492 e. The fourth-order valence-corrected chi connectivity index (χ4v) is 2.40. The van der Waals surface area contributed by atoms with Crippen molar-refractivity contribution in [3.8, 4) is 5.75 Å². The number of ether oxygens (including phenoxy) is 1. The first-order valence-electron chi connectivity index (χ1n) is 7.86. The number of unbranched alkanes of at least 4 members (excludes halogenated alkanes) is 1. The van der Waals surface area contributed by atoms with Gasteiger partial charge in [0.25, 0.3) is 0 Å². The molecule has 0 spiro atoms. The summed E-state index contributed by atoms with van der Waals surface area (Å²) in [5, 5.41) is 3.62. The average molecular weight is 283 g/mol. The maximum Gasteiger partial charge on any atom is 0.119 e. The van der Waals surface area contributed by atoms with Crippen LogP contribution in [0.15, 0.2) is 60.7 Å². The van der Waals surface area contributed by atoms with Crippen molar-refractivity contribution in [2.45, 2.75) is 32.2 Å². The van der Waals surface area contributed by atoms with E-state index in [0.29, 0.717) is 12.6 Å². The molecule has 0 aliphatic heterocycles. The first kappa shape index (κ1) is 15.6. The van der Waals surface area contributed by atoms with Gasteiger partial charge in [-0.25, -0.2) is 0 Å². The van der Waals surface area contributed by atoms with Crippen LogP contribution in [-0.4, -0.2) is 13.2 Å². The number of benzene rings is 2. The zero-order valence-corrected chi connectivity index (χ0v) is 12.8. The molecule has 2 aromatic carbocycles. The Bertz CT molecular complexity index is 483. The van der Waals surface area contributed by atoms with Gasteiger partial charge in [-0.05, 0) is 24.1 Å². The highest BCUT2D eigenvalue weighted by Gasteiger charge is 2.09. The van der Waals surface area contributed by atoms with Gasteiger partial charge in [0.1, 0.15) is 12.4 Å². The highest BCUT2D eigenvalue weighted by molar-refractivity contribution is 5.21. The lowest BCUT2D eigenvalue weighted by atomic mass is 10.0. The highest BCUT2D eigenvalue weighted by Crippen LogP contribution is 2.18. The van der Waals surface area contributed by atoms with Gasteiger partial charge in [-0.15, -0.1) is 0 Å². The molecule has 0 fully saturated rings. The van der Waals surface area contributed by atoms with E-state index < -0.39 is 0 Å². The van der Waals surface area contributed by atoms with E-state index in [1.807, 2.05) is 30.3 Å². The Labute approximate surface area is 128 Å². The van der Waals surface area contributed by atoms with E-state index in [4.69, 9.17) is 4.74 Å². The Kier molecular flexibility index (Phi) is 6.82. The highest BCUT2D eigenvalue weighted by atomic mass is 16.5. The second-order valence-corrected chi connectivity index (χ2v) is 5.22. The molecule has 0 amide bonds. The van der Waals surface area contributed by atoms with Crippen LogP contribution in [0, 0.1) is 0 Å². The predicted octanol–water partition coefficient (Wildman–Crippen LogP) is 4.59. The molecule has 0 radical (unpaired) electrons. The van der Waals surface area contributed by atoms with Crippen molar-refractivity contribution in [1.29, 1.82) is 0 Å². The average Bonchev–Trinajstić information content (AvgIpc) is 2.56. The SMILES string of the molecule is CCCCC(NCCOc1ccccc1)c1ccccc1. The van der Waals surface area contributed by atoms with Crippen molar-refractivity contribution in [1.82, 2.24) is 5.32 Å². The molecule has 2 rings (SSSR count). The van der Waals surface area contributed by atoms with Crippen LogP contribution in [-0.2, 0) is 0 Å². The molecule has 2 heteroatoms.